The predicted molar refractivity (Wildman–Crippen MR) is 132 cm³/mol. The molecule has 0 aliphatic carbocycles. The molecule has 4 aromatic rings. The Bertz CT molecular complexity index is 1470. The molecular formula is C29H20FNO4. The van der Waals surface area contributed by atoms with Gasteiger partial charge in [-0.2, -0.15) is 0 Å². The molecule has 0 atom stereocenters. The lowest BCUT2D eigenvalue weighted by Crippen LogP contribution is -2.25. The van der Waals surface area contributed by atoms with E-state index in [2.05, 4.69) is 0 Å². The number of esters is 1. The molecule has 6 heteroatoms. The molecule has 1 aliphatic heterocycles. The van der Waals surface area contributed by atoms with Crippen LogP contribution >= 0.6 is 0 Å². The van der Waals surface area contributed by atoms with E-state index in [1.54, 1.807) is 66.7 Å². The van der Waals surface area contributed by atoms with E-state index in [0.717, 1.165) is 11.1 Å². The molecule has 0 bridgehead atoms. The standard InChI is InChI=1S/C29H20FNO4/c1-34-29(33)21-13-11-20(12-14-21)27-16-15-23(35-27)17-22-18-26(19-7-3-2-4-8-19)31(28(22)32)25-10-6-5-9-24(25)30/h2-18H,1H3/b22-17+. The predicted octanol–water partition coefficient (Wildman–Crippen LogP) is 6.34. The van der Waals surface area contributed by atoms with Crippen molar-refractivity contribution < 1.29 is 23.1 Å². The number of methoxy groups -OCH3 is 1. The van der Waals surface area contributed by atoms with E-state index in [1.165, 1.54) is 18.1 Å². The van der Waals surface area contributed by atoms with Crippen LogP contribution in [0.15, 0.2) is 107 Å². The Labute approximate surface area is 201 Å². The van der Waals surface area contributed by atoms with Gasteiger partial charge >= 0.3 is 5.97 Å². The van der Waals surface area contributed by atoms with E-state index in [9.17, 15) is 14.0 Å². The normalized spacial score (nSPS) is 14.3. The van der Waals surface area contributed by atoms with Crippen molar-refractivity contribution in [1.82, 2.24) is 0 Å². The summed E-state index contributed by atoms with van der Waals surface area (Å²) in [6.45, 7) is 0. The van der Waals surface area contributed by atoms with Crippen LogP contribution in [0.1, 0.15) is 21.7 Å². The second kappa shape index (κ2) is 9.27. The van der Waals surface area contributed by atoms with Gasteiger partial charge in [-0.1, -0.05) is 54.6 Å². The summed E-state index contributed by atoms with van der Waals surface area (Å²) in [6, 6.07) is 25.9. The fraction of sp³-hybridized carbons (Fsp3) is 0.0345. The van der Waals surface area contributed by atoms with E-state index in [1.807, 2.05) is 30.3 Å². The van der Waals surface area contributed by atoms with Crippen LogP contribution in [-0.4, -0.2) is 19.0 Å². The van der Waals surface area contributed by atoms with E-state index in [-0.39, 0.29) is 11.6 Å². The summed E-state index contributed by atoms with van der Waals surface area (Å²) < 4.78 is 25.3. The van der Waals surface area contributed by atoms with Gasteiger partial charge in [0.1, 0.15) is 17.3 Å². The number of ether oxygens (including phenoxy) is 1. The van der Waals surface area contributed by atoms with E-state index < -0.39 is 11.8 Å². The van der Waals surface area contributed by atoms with Crippen molar-refractivity contribution in [3.63, 3.8) is 0 Å². The van der Waals surface area contributed by atoms with Crippen molar-refractivity contribution in [2.45, 2.75) is 0 Å². The van der Waals surface area contributed by atoms with Gasteiger partial charge in [-0.05, 0) is 54.1 Å². The molecule has 172 valence electrons. The number of halogens is 1. The minimum atomic E-state index is -0.486. The molecular weight excluding hydrogens is 445 g/mol. The first-order valence-electron chi connectivity index (χ1n) is 10.9. The number of rotatable bonds is 5. The molecule has 0 radical (unpaired) electrons. The van der Waals surface area contributed by atoms with Crippen LogP contribution in [0.5, 0.6) is 0 Å². The number of carbonyl (C=O) groups excluding carboxylic acids is 2. The molecule has 1 amide bonds. The summed E-state index contributed by atoms with van der Waals surface area (Å²) in [4.78, 5) is 26.4. The highest BCUT2D eigenvalue weighted by atomic mass is 19.1. The first-order chi connectivity index (χ1) is 17.0. The third-order valence-corrected chi connectivity index (χ3v) is 5.66. The van der Waals surface area contributed by atoms with Gasteiger partial charge in [0, 0.05) is 11.1 Å². The average molecular weight is 465 g/mol. The zero-order valence-electron chi connectivity index (χ0n) is 18.8. The summed E-state index contributed by atoms with van der Waals surface area (Å²) in [5.74, 6) is -0.202. The number of furan rings is 1. The number of benzene rings is 3. The quantitative estimate of drug-likeness (QED) is 0.255. The fourth-order valence-corrected chi connectivity index (χ4v) is 3.94. The Morgan fingerprint density at radius 3 is 2.31 bits per heavy atom. The Hall–Kier alpha value is -4.71. The SMILES string of the molecule is COC(=O)c1ccc(-c2ccc(/C=C3\C=C(c4ccccc4)N(c4ccccc4F)C3=O)o2)cc1. The molecule has 35 heavy (non-hydrogen) atoms. The third kappa shape index (κ3) is 4.29. The number of amides is 1. The number of hydrogen-bond acceptors (Lipinski definition) is 4. The lowest BCUT2D eigenvalue weighted by atomic mass is 10.1. The first-order valence-corrected chi connectivity index (χ1v) is 10.9. The van der Waals surface area contributed by atoms with Crippen molar-refractivity contribution in [3.05, 3.63) is 125 Å². The molecule has 5 nitrogen and oxygen atoms in total. The molecule has 0 unspecified atom stereocenters. The van der Waals surface area contributed by atoms with Gasteiger partial charge < -0.3 is 9.15 Å². The van der Waals surface area contributed by atoms with Gasteiger partial charge in [0.15, 0.2) is 0 Å². The maximum absolute atomic E-state index is 14.7. The lowest BCUT2D eigenvalue weighted by Gasteiger charge is -2.21. The Kier molecular flexibility index (Phi) is 5.85. The summed E-state index contributed by atoms with van der Waals surface area (Å²) in [7, 11) is 1.33. The van der Waals surface area contributed by atoms with E-state index in [4.69, 9.17) is 9.15 Å². The fourth-order valence-electron chi connectivity index (χ4n) is 3.94. The van der Waals surface area contributed by atoms with Gasteiger partial charge in [-0.3, -0.25) is 9.69 Å². The monoisotopic (exact) mass is 465 g/mol. The molecule has 0 saturated heterocycles. The second-order valence-corrected chi connectivity index (χ2v) is 7.86. The van der Waals surface area contributed by atoms with Crippen molar-refractivity contribution in [1.29, 1.82) is 0 Å². The van der Waals surface area contributed by atoms with E-state index in [0.29, 0.717) is 28.4 Å². The number of para-hydroxylation sites is 1. The molecule has 2 heterocycles. The summed E-state index contributed by atoms with van der Waals surface area (Å²) in [5, 5.41) is 0. The van der Waals surface area contributed by atoms with Gasteiger partial charge in [0.2, 0.25) is 0 Å². The number of hydrogen-bond donors (Lipinski definition) is 0. The third-order valence-electron chi connectivity index (χ3n) is 5.66. The topological polar surface area (TPSA) is 59.8 Å². The zero-order valence-corrected chi connectivity index (χ0v) is 18.8. The second-order valence-electron chi connectivity index (χ2n) is 7.86. The van der Waals surface area contributed by atoms with Crippen molar-refractivity contribution >= 4 is 29.3 Å². The van der Waals surface area contributed by atoms with Crippen LogP contribution in [0, 0.1) is 5.82 Å². The maximum atomic E-state index is 14.7. The number of nitrogens with zero attached hydrogens (tertiary/aromatic N) is 1. The van der Waals surface area contributed by atoms with Crippen LogP contribution in [0.4, 0.5) is 10.1 Å². The highest BCUT2D eigenvalue weighted by molar-refractivity contribution is 6.23. The average Bonchev–Trinajstić information content (AvgIpc) is 3.49. The lowest BCUT2D eigenvalue weighted by molar-refractivity contribution is -0.113. The Balaban J connectivity index is 1.50. The zero-order chi connectivity index (χ0) is 24.4. The molecule has 0 saturated carbocycles. The molecule has 5 rings (SSSR count). The maximum Gasteiger partial charge on any atom is 0.337 e. The number of anilines is 1. The highest BCUT2D eigenvalue weighted by Crippen LogP contribution is 2.36. The largest absolute Gasteiger partial charge is 0.465 e. The smallest absolute Gasteiger partial charge is 0.337 e. The van der Waals surface area contributed by atoms with Crippen molar-refractivity contribution in [2.24, 2.45) is 0 Å². The number of carbonyl (C=O) groups is 2. The summed E-state index contributed by atoms with van der Waals surface area (Å²) in [5.41, 5.74) is 3.13. The Morgan fingerprint density at radius 2 is 1.60 bits per heavy atom. The van der Waals surface area contributed by atoms with Crippen LogP contribution in [0.25, 0.3) is 23.1 Å². The molecule has 0 N–H and O–H groups in total. The van der Waals surface area contributed by atoms with Gasteiger partial charge in [0.25, 0.3) is 5.91 Å². The molecule has 0 spiro atoms. The summed E-state index contributed by atoms with van der Waals surface area (Å²) in [6.07, 6.45) is 3.37. The molecule has 0 fully saturated rings. The van der Waals surface area contributed by atoms with Crippen LogP contribution in [-0.2, 0) is 9.53 Å². The van der Waals surface area contributed by atoms with E-state index >= 15 is 0 Å². The van der Waals surface area contributed by atoms with Gasteiger partial charge in [-0.15, -0.1) is 0 Å². The first kappa shape index (κ1) is 22.1. The van der Waals surface area contributed by atoms with Gasteiger partial charge in [0.05, 0.1) is 24.1 Å². The minimum Gasteiger partial charge on any atom is -0.465 e. The molecule has 1 aromatic heterocycles. The van der Waals surface area contributed by atoms with Crippen LogP contribution in [0.3, 0.4) is 0 Å². The van der Waals surface area contributed by atoms with Crippen molar-refractivity contribution in [3.8, 4) is 11.3 Å². The summed E-state index contributed by atoms with van der Waals surface area (Å²) >= 11 is 0. The van der Waals surface area contributed by atoms with Gasteiger partial charge in [-0.25, -0.2) is 9.18 Å². The van der Waals surface area contributed by atoms with Crippen molar-refractivity contribution in [2.75, 3.05) is 12.0 Å². The molecule has 1 aliphatic rings. The van der Waals surface area contributed by atoms with Crippen LogP contribution in [0.2, 0.25) is 0 Å². The highest BCUT2D eigenvalue weighted by Gasteiger charge is 2.32. The molecule has 3 aromatic carbocycles. The van der Waals surface area contributed by atoms with Crippen LogP contribution < -0.4 is 4.90 Å². The Morgan fingerprint density at radius 1 is 0.886 bits per heavy atom. The minimum absolute atomic E-state index is 0.182.